The van der Waals surface area contributed by atoms with Crippen molar-refractivity contribution in [3.8, 4) is 6.07 Å². The maximum absolute atomic E-state index is 8.97. The van der Waals surface area contributed by atoms with Gasteiger partial charge in [0.15, 0.2) is 0 Å². The molecule has 0 N–H and O–H groups in total. The van der Waals surface area contributed by atoms with Gasteiger partial charge >= 0.3 is 0 Å². The molecule has 0 amide bonds. The smallest absolute Gasteiger partial charge is 0.0936 e. The highest BCUT2D eigenvalue weighted by Crippen LogP contribution is 2.36. The van der Waals surface area contributed by atoms with Crippen molar-refractivity contribution in [2.24, 2.45) is 0 Å². The summed E-state index contributed by atoms with van der Waals surface area (Å²) in [5.41, 5.74) is 2.73. The Bertz CT molecular complexity index is 481. The first kappa shape index (κ1) is 13.7. The number of nitrogens with zero attached hydrogens (tertiary/aromatic N) is 2. The molecule has 0 saturated heterocycles. The minimum Gasteiger partial charge on any atom is -0.306 e. The van der Waals surface area contributed by atoms with E-state index in [2.05, 4.69) is 24.1 Å². The lowest BCUT2D eigenvalue weighted by atomic mass is 10.0. The lowest BCUT2D eigenvalue weighted by Crippen LogP contribution is -2.20. The normalized spacial score (nSPS) is 17.7. The van der Waals surface area contributed by atoms with Crippen molar-refractivity contribution in [3.05, 3.63) is 28.3 Å². The van der Waals surface area contributed by atoms with Crippen LogP contribution in [-0.2, 0) is 12.8 Å². The molecule has 0 fully saturated rings. The highest BCUT2D eigenvalue weighted by atomic mass is 35.5. The molecule has 2 rings (SSSR count). The van der Waals surface area contributed by atoms with Gasteiger partial charge in [-0.15, -0.1) is 11.8 Å². The highest BCUT2D eigenvalue weighted by Gasteiger charge is 2.18. The fourth-order valence-electron chi connectivity index (χ4n) is 2.20. The second-order valence-electron chi connectivity index (χ2n) is 4.71. The van der Waals surface area contributed by atoms with Gasteiger partial charge < -0.3 is 4.90 Å². The number of hydrogen-bond acceptors (Lipinski definition) is 3. The number of likely N-dealkylation sites (N-methyl/N-ethyl adjacent to an activating group) is 1. The van der Waals surface area contributed by atoms with E-state index in [1.165, 1.54) is 11.1 Å². The summed E-state index contributed by atoms with van der Waals surface area (Å²) >= 11 is 7.89. The van der Waals surface area contributed by atoms with Gasteiger partial charge in [-0.3, -0.25) is 0 Å². The molecule has 0 aliphatic carbocycles. The van der Waals surface area contributed by atoms with Crippen molar-refractivity contribution in [3.63, 3.8) is 0 Å². The number of nitriles is 1. The van der Waals surface area contributed by atoms with E-state index in [1.54, 1.807) is 11.8 Å². The van der Waals surface area contributed by atoms with Gasteiger partial charge in [-0.05, 0) is 44.0 Å². The van der Waals surface area contributed by atoms with E-state index in [4.69, 9.17) is 16.9 Å². The fraction of sp³-hybridized carbons (Fsp3) is 0.500. The number of thioether (sulfide) groups is 1. The van der Waals surface area contributed by atoms with Crippen LogP contribution in [-0.4, -0.2) is 30.3 Å². The predicted octanol–water partition coefficient (Wildman–Crippen LogP) is 3.37. The summed E-state index contributed by atoms with van der Waals surface area (Å²) in [5, 5.41) is 9.69. The molecule has 18 heavy (non-hydrogen) atoms. The molecule has 0 aromatic heterocycles. The van der Waals surface area contributed by atoms with Gasteiger partial charge in [0, 0.05) is 18.0 Å². The Morgan fingerprint density at radius 1 is 1.39 bits per heavy atom. The van der Waals surface area contributed by atoms with Crippen LogP contribution in [0.1, 0.15) is 18.1 Å². The van der Waals surface area contributed by atoms with Crippen LogP contribution >= 0.6 is 23.4 Å². The van der Waals surface area contributed by atoms with E-state index in [9.17, 15) is 0 Å². The zero-order valence-corrected chi connectivity index (χ0v) is 12.3. The number of fused-ring (bicyclic) bond motifs is 1. The molecule has 0 radical (unpaired) electrons. The van der Waals surface area contributed by atoms with E-state index >= 15 is 0 Å². The van der Waals surface area contributed by atoms with Gasteiger partial charge in [-0.25, -0.2) is 0 Å². The zero-order valence-electron chi connectivity index (χ0n) is 10.7. The number of benzene rings is 1. The molecule has 1 aliphatic rings. The van der Waals surface area contributed by atoms with Crippen molar-refractivity contribution >= 4 is 23.4 Å². The molecule has 1 heterocycles. The third kappa shape index (κ3) is 3.00. The van der Waals surface area contributed by atoms with Crippen LogP contribution in [0, 0.1) is 11.3 Å². The van der Waals surface area contributed by atoms with Gasteiger partial charge in [0.2, 0.25) is 0 Å². The van der Waals surface area contributed by atoms with E-state index in [0.29, 0.717) is 0 Å². The van der Waals surface area contributed by atoms with Gasteiger partial charge in [-0.1, -0.05) is 17.7 Å². The van der Waals surface area contributed by atoms with Gasteiger partial charge in [0.05, 0.1) is 16.3 Å². The summed E-state index contributed by atoms with van der Waals surface area (Å²) in [4.78, 5) is 3.45. The summed E-state index contributed by atoms with van der Waals surface area (Å²) in [6, 6.07) is 6.37. The Morgan fingerprint density at radius 3 is 2.83 bits per heavy atom. The van der Waals surface area contributed by atoms with Crippen molar-refractivity contribution in [1.82, 2.24) is 4.90 Å². The third-order valence-electron chi connectivity index (χ3n) is 3.29. The van der Waals surface area contributed by atoms with Crippen LogP contribution in [0.5, 0.6) is 0 Å². The monoisotopic (exact) mass is 280 g/mol. The Balaban J connectivity index is 2.37. The Kier molecular flexibility index (Phi) is 4.55. The number of hydrogen-bond donors (Lipinski definition) is 0. The zero-order chi connectivity index (χ0) is 13.1. The molecule has 4 heteroatoms. The maximum atomic E-state index is 8.97. The Hall–Kier alpha value is -0.690. The average Bonchev–Trinajstić information content (AvgIpc) is 2.55. The van der Waals surface area contributed by atoms with Crippen molar-refractivity contribution in [2.45, 2.75) is 29.9 Å². The quantitative estimate of drug-likeness (QED) is 0.777. The minimum absolute atomic E-state index is 0.0602. The molecule has 1 aromatic carbocycles. The molecule has 1 aliphatic heterocycles. The summed E-state index contributed by atoms with van der Waals surface area (Å²) in [7, 11) is 2.15. The molecule has 1 aromatic rings. The van der Waals surface area contributed by atoms with E-state index in [-0.39, 0.29) is 5.25 Å². The van der Waals surface area contributed by atoms with Crippen LogP contribution < -0.4 is 0 Å². The first-order valence-corrected chi connectivity index (χ1v) is 7.42. The summed E-state index contributed by atoms with van der Waals surface area (Å²) < 4.78 is 0. The third-order valence-corrected chi connectivity index (χ3v) is 4.88. The fourth-order valence-corrected chi connectivity index (χ4v) is 3.48. The van der Waals surface area contributed by atoms with Crippen molar-refractivity contribution in [2.75, 3.05) is 20.1 Å². The minimum atomic E-state index is -0.0602. The SMILES string of the molecule is CC(C#N)Sc1c(Cl)ccc2c1CCN(C)CC2. The standard InChI is InChI=1S/C14H17ClN2S/c1-10(9-16)18-14-12-6-8-17(2)7-5-11(12)3-4-13(14)15/h3-4,10H,5-8H2,1-2H3. The second kappa shape index (κ2) is 5.97. The van der Waals surface area contributed by atoms with Crippen LogP contribution in [0.2, 0.25) is 5.02 Å². The van der Waals surface area contributed by atoms with Crippen molar-refractivity contribution in [1.29, 1.82) is 5.26 Å². The summed E-state index contributed by atoms with van der Waals surface area (Å²) in [6.07, 6.45) is 2.09. The Labute approximate surface area is 118 Å². The average molecular weight is 281 g/mol. The van der Waals surface area contributed by atoms with Gasteiger partial charge in [0.1, 0.15) is 0 Å². The summed E-state index contributed by atoms with van der Waals surface area (Å²) in [5.74, 6) is 0. The highest BCUT2D eigenvalue weighted by molar-refractivity contribution is 8.00. The first-order chi connectivity index (χ1) is 8.61. The lowest BCUT2D eigenvalue weighted by molar-refractivity contribution is 0.352. The van der Waals surface area contributed by atoms with E-state index in [1.807, 2.05) is 13.0 Å². The second-order valence-corrected chi connectivity index (χ2v) is 6.46. The molecular weight excluding hydrogens is 264 g/mol. The molecule has 2 nitrogen and oxygen atoms in total. The number of rotatable bonds is 2. The topological polar surface area (TPSA) is 27.0 Å². The van der Waals surface area contributed by atoms with Crippen LogP contribution in [0.3, 0.4) is 0 Å². The van der Waals surface area contributed by atoms with Crippen LogP contribution in [0.4, 0.5) is 0 Å². The molecule has 1 atom stereocenters. The molecule has 0 spiro atoms. The van der Waals surface area contributed by atoms with Crippen LogP contribution in [0.15, 0.2) is 17.0 Å². The number of halogens is 1. The summed E-state index contributed by atoms with van der Waals surface area (Å²) in [6.45, 7) is 4.07. The Morgan fingerprint density at radius 2 is 2.11 bits per heavy atom. The van der Waals surface area contributed by atoms with E-state index in [0.717, 1.165) is 35.8 Å². The van der Waals surface area contributed by atoms with Gasteiger partial charge in [0.25, 0.3) is 0 Å². The predicted molar refractivity (Wildman–Crippen MR) is 77.3 cm³/mol. The largest absolute Gasteiger partial charge is 0.306 e. The molecule has 0 bridgehead atoms. The molecule has 0 saturated carbocycles. The molecule has 1 unspecified atom stereocenters. The van der Waals surface area contributed by atoms with Gasteiger partial charge in [-0.2, -0.15) is 5.26 Å². The lowest BCUT2D eigenvalue weighted by Gasteiger charge is -2.14. The maximum Gasteiger partial charge on any atom is 0.0936 e. The van der Waals surface area contributed by atoms with E-state index < -0.39 is 0 Å². The molecular formula is C14H17ClN2S. The first-order valence-electron chi connectivity index (χ1n) is 6.17. The molecule has 96 valence electrons. The van der Waals surface area contributed by atoms with Crippen molar-refractivity contribution < 1.29 is 0 Å². The van der Waals surface area contributed by atoms with Crippen LogP contribution in [0.25, 0.3) is 0 Å².